The number of carbonyl (C=O) groups is 1. The van der Waals surface area contributed by atoms with Gasteiger partial charge in [0.2, 0.25) is 5.91 Å². The number of anilines is 1. The second kappa shape index (κ2) is 9.32. The number of rotatable bonds is 5. The van der Waals surface area contributed by atoms with Gasteiger partial charge in [0.05, 0.1) is 5.92 Å². The summed E-state index contributed by atoms with van der Waals surface area (Å²) >= 11 is 1.62. The first-order valence-electron chi connectivity index (χ1n) is 11.3. The topological polar surface area (TPSA) is 61.4 Å². The van der Waals surface area contributed by atoms with Crippen molar-refractivity contribution in [3.63, 3.8) is 0 Å². The van der Waals surface area contributed by atoms with Crippen molar-refractivity contribution in [1.82, 2.24) is 20.2 Å². The number of benzene rings is 1. The molecule has 0 unspecified atom stereocenters. The van der Waals surface area contributed by atoms with Crippen LogP contribution >= 0.6 is 11.3 Å². The van der Waals surface area contributed by atoms with Crippen LogP contribution < -0.4 is 10.2 Å². The summed E-state index contributed by atoms with van der Waals surface area (Å²) in [5.74, 6) is 0.251. The van der Waals surface area contributed by atoms with Gasteiger partial charge in [0.15, 0.2) is 5.13 Å². The fourth-order valence-electron chi connectivity index (χ4n) is 4.65. The first-order chi connectivity index (χ1) is 15.2. The van der Waals surface area contributed by atoms with Gasteiger partial charge in [-0.2, -0.15) is 0 Å². The molecule has 1 atom stereocenters. The van der Waals surface area contributed by atoms with Gasteiger partial charge in [-0.25, -0.2) is 9.97 Å². The lowest BCUT2D eigenvalue weighted by atomic mass is 9.96. The summed E-state index contributed by atoms with van der Waals surface area (Å²) in [5, 5.41) is 4.34. The number of amides is 1. The molecule has 162 valence electrons. The summed E-state index contributed by atoms with van der Waals surface area (Å²) in [6, 6.07) is 14.8. The maximum absolute atomic E-state index is 13.0. The first-order valence-corrected chi connectivity index (χ1v) is 12.1. The van der Waals surface area contributed by atoms with E-state index in [1.54, 1.807) is 11.3 Å². The SMILES string of the molecule is O=C(NC1CCN(Cc2ccccc2)CC1)[C@H]1CCCN(c2nc3cccnc3s2)C1. The van der Waals surface area contributed by atoms with Crippen LogP contribution in [0.2, 0.25) is 0 Å². The molecule has 3 aromatic rings. The maximum atomic E-state index is 13.0. The van der Waals surface area contributed by atoms with Gasteiger partial charge in [-0.15, -0.1) is 0 Å². The van der Waals surface area contributed by atoms with E-state index in [-0.39, 0.29) is 11.8 Å². The molecule has 0 saturated carbocycles. The van der Waals surface area contributed by atoms with Crippen molar-refractivity contribution in [3.05, 3.63) is 54.2 Å². The summed E-state index contributed by atoms with van der Waals surface area (Å²) in [6.07, 6.45) is 5.84. The van der Waals surface area contributed by atoms with Crippen molar-refractivity contribution < 1.29 is 4.79 Å². The zero-order valence-electron chi connectivity index (χ0n) is 17.7. The molecule has 0 bridgehead atoms. The van der Waals surface area contributed by atoms with E-state index >= 15 is 0 Å². The van der Waals surface area contributed by atoms with E-state index in [1.807, 2.05) is 18.3 Å². The Balaban J connectivity index is 1.13. The van der Waals surface area contributed by atoms with E-state index in [2.05, 4.69) is 50.4 Å². The largest absolute Gasteiger partial charge is 0.353 e. The number of hydrogen-bond acceptors (Lipinski definition) is 6. The van der Waals surface area contributed by atoms with Crippen LogP contribution in [0.1, 0.15) is 31.2 Å². The van der Waals surface area contributed by atoms with Gasteiger partial charge in [-0.1, -0.05) is 41.7 Å². The highest BCUT2D eigenvalue weighted by Crippen LogP contribution is 2.30. The van der Waals surface area contributed by atoms with Gasteiger partial charge in [0.25, 0.3) is 0 Å². The number of hydrogen-bond donors (Lipinski definition) is 1. The van der Waals surface area contributed by atoms with Gasteiger partial charge < -0.3 is 10.2 Å². The fourth-order valence-corrected chi connectivity index (χ4v) is 5.60. The Morgan fingerprint density at radius 2 is 1.90 bits per heavy atom. The minimum absolute atomic E-state index is 0.0380. The molecule has 2 aliphatic heterocycles. The van der Waals surface area contributed by atoms with Crippen LogP contribution in [-0.2, 0) is 11.3 Å². The molecule has 1 aromatic carbocycles. The van der Waals surface area contributed by atoms with Gasteiger partial charge >= 0.3 is 0 Å². The molecule has 1 N–H and O–H groups in total. The van der Waals surface area contributed by atoms with E-state index in [0.717, 1.165) is 73.9 Å². The molecule has 2 aliphatic rings. The number of likely N-dealkylation sites (tertiary alicyclic amines) is 1. The Hall–Kier alpha value is -2.51. The minimum Gasteiger partial charge on any atom is -0.353 e. The maximum Gasteiger partial charge on any atom is 0.225 e. The predicted molar refractivity (Wildman–Crippen MR) is 125 cm³/mol. The molecule has 4 heterocycles. The first kappa shape index (κ1) is 20.4. The highest BCUT2D eigenvalue weighted by molar-refractivity contribution is 7.21. The number of pyridine rings is 1. The molecule has 1 amide bonds. The van der Waals surface area contributed by atoms with Crippen molar-refractivity contribution in [2.45, 2.75) is 38.3 Å². The molecule has 2 aromatic heterocycles. The van der Waals surface area contributed by atoms with Crippen LogP contribution in [0.25, 0.3) is 10.3 Å². The molecule has 5 rings (SSSR count). The van der Waals surface area contributed by atoms with Crippen LogP contribution in [0, 0.1) is 5.92 Å². The normalized spacial score (nSPS) is 20.8. The lowest BCUT2D eigenvalue weighted by Gasteiger charge is -2.35. The predicted octanol–water partition coefficient (Wildman–Crippen LogP) is 3.69. The molecule has 6 nitrogen and oxygen atoms in total. The summed E-state index contributed by atoms with van der Waals surface area (Å²) in [7, 11) is 0. The molecule has 2 fully saturated rings. The number of thiazole rings is 1. The Bertz CT molecular complexity index is 982. The number of nitrogens with zero attached hydrogens (tertiary/aromatic N) is 4. The second-order valence-corrected chi connectivity index (χ2v) is 9.61. The summed E-state index contributed by atoms with van der Waals surface area (Å²) in [4.78, 5) is 27.9. The third kappa shape index (κ3) is 4.88. The molecule has 2 saturated heterocycles. The van der Waals surface area contributed by atoms with Gasteiger partial charge in [0, 0.05) is 45.0 Å². The van der Waals surface area contributed by atoms with Gasteiger partial charge in [0.1, 0.15) is 10.3 Å². The van der Waals surface area contributed by atoms with Crippen molar-refractivity contribution >= 4 is 32.7 Å². The Morgan fingerprint density at radius 1 is 1.06 bits per heavy atom. The number of carbonyl (C=O) groups excluding carboxylic acids is 1. The van der Waals surface area contributed by atoms with E-state index in [0.29, 0.717) is 6.04 Å². The van der Waals surface area contributed by atoms with Crippen molar-refractivity contribution in [2.75, 3.05) is 31.1 Å². The molecule has 7 heteroatoms. The molecular weight excluding hydrogens is 406 g/mol. The van der Waals surface area contributed by atoms with E-state index in [1.165, 1.54) is 5.56 Å². The molecular formula is C24H29N5OS. The monoisotopic (exact) mass is 435 g/mol. The zero-order valence-corrected chi connectivity index (χ0v) is 18.6. The highest BCUT2D eigenvalue weighted by Gasteiger charge is 2.29. The highest BCUT2D eigenvalue weighted by atomic mass is 32.1. The Kier molecular flexibility index (Phi) is 6.13. The van der Waals surface area contributed by atoms with Crippen LogP contribution in [0.15, 0.2) is 48.7 Å². The van der Waals surface area contributed by atoms with Crippen molar-refractivity contribution in [1.29, 1.82) is 0 Å². The molecule has 0 spiro atoms. The van der Waals surface area contributed by atoms with Gasteiger partial charge in [-0.3, -0.25) is 9.69 Å². The van der Waals surface area contributed by atoms with Crippen molar-refractivity contribution in [2.24, 2.45) is 5.92 Å². The number of fused-ring (bicyclic) bond motifs is 1. The lowest BCUT2D eigenvalue weighted by molar-refractivity contribution is -0.126. The fraction of sp³-hybridized carbons (Fsp3) is 0.458. The van der Waals surface area contributed by atoms with E-state index in [9.17, 15) is 4.79 Å². The van der Waals surface area contributed by atoms with Gasteiger partial charge in [-0.05, 0) is 43.4 Å². The lowest BCUT2D eigenvalue weighted by Crippen LogP contribution is -2.49. The number of piperidine rings is 2. The standard InChI is InChI=1S/C24H29N5OS/c30-22(26-20-10-14-28(15-11-20)16-18-6-2-1-3-7-18)19-8-5-13-29(17-19)24-27-21-9-4-12-25-23(21)31-24/h1-4,6-7,9,12,19-20H,5,8,10-11,13-17H2,(H,26,30)/t19-/m0/s1. The number of aromatic nitrogens is 2. The third-order valence-corrected chi connectivity index (χ3v) is 7.44. The van der Waals surface area contributed by atoms with Crippen molar-refractivity contribution in [3.8, 4) is 0 Å². The quantitative estimate of drug-likeness (QED) is 0.662. The zero-order chi connectivity index (χ0) is 21.0. The Labute approximate surface area is 187 Å². The molecule has 31 heavy (non-hydrogen) atoms. The summed E-state index contributed by atoms with van der Waals surface area (Å²) < 4.78 is 0. The van der Waals surface area contributed by atoms with Crippen LogP contribution in [0.4, 0.5) is 5.13 Å². The summed E-state index contributed by atoms with van der Waals surface area (Å²) in [6.45, 7) is 4.78. The smallest absolute Gasteiger partial charge is 0.225 e. The molecule has 0 aliphatic carbocycles. The second-order valence-electron chi connectivity index (χ2n) is 8.65. The molecule has 0 radical (unpaired) electrons. The van der Waals surface area contributed by atoms with Crippen LogP contribution in [-0.4, -0.2) is 53.0 Å². The number of nitrogens with one attached hydrogen (secondary N) is 1. The summed E-state index contributed by atoms with van der Waals surface area (Å²) in [5.41, 5.74) is 2.30. The van der Waals surface area contributed by atoms with E-state index in [4.69, 9.17) is 4.98 Å². The average molecular weight is 436 g/mol. The Morgan fingerprint density at radius 3 is 2.71 bits per heavy atom. The average Bonchev–Trinajstić information content (AvgIpc) is 3.26. The van der Waals surface area contributed by atoms with Crippen LogP contribution in [0.5, 0.6) is 0 Å². The minimum atomic E-state index is 0.0380. The van der Waals surface area contributed by atoms with Crippen LogP contribution in [0.3, 0.4) is 0 Å². The van der Waals surface area contributed by atoms with E-state index < -0.39 is 0 Å². The third-order valence-electron chi connectivity index (χ3n) is 6.40.